The van der Waals surface area contributed by atoms with Crippen LogP contribution in [0.4, 0.5) is 16.2 Å². The Hall–Kier alpha value is -2.43. The minimum absolute atomic E-state index is 0.229. The molecule has 0 amide bonds. The zero-order valence-electron chi connectivity index (χ0n) is 12.1. The van der Waals surface area contributed by atoms with E-state index in [-0.39, 0.29) is 11.8 Å². The number of nitrogens with two attached hydrogens (primary N) is 1. The molecular weight excluding hydrogens is 267 g/mol. The van der Waals surface area contributed by atoms with Gasteiger partial charge in [-0.3, -0.25) is 0 Å². The summed E-state index contributed by atoms with van der Waals surface area (Å²) in [6.07, 6.45) is 2.03. The van der Waals surface area contributed by atoms with Crippen LogP contribution in [-0.4, -0.2) is 23.1 Å². The number of benzene rings is 1. The Bertz CT molecular complexity index is 724. The van der Waals surface area contributed by atoms with Crippen LogP contribution in [-0.2, 0) is 0 Å². The Kier molecular flexibility index (Phi) is 3.33. The maximum atomic E-state index is 13.4. The fraction of sp³-hybridized carbons (Fsp3) is 0.250. The molecule has 0 saturated heterocycles. The number of halogens is 1. The maximum Gasteiger partial charge on any atom is 0.222 e. The van der Waals surface area contributed by atoms with Gasteiger partial charge < -0.3 is 10.6 Å². The smallest absolute Gasteiger partial charge is 0.222 e. The predicted molar refractivity (Wildman–Crippen MR) is 83.3 cm³/mol. The average Bonchev–Trinajstić information content (AvgIpc) is 2.46. The lowest BCUT2D eigenvalue weighted by atomic mass is 9.98. The van der Waals surface area contributed by atoms with E-state index >= 15 is 0 Å². The van der Waals surface area contributed by atoms with Gasteiger partial charge in [-0.1, -0.05) is 12.1 Å². The molecule has 2 heterocycles. The highest BCUT2D eigenvalue weighted by Gasteiger charge is 2.22. The summed E-state index contributed by atoms with van der Waals surface area (Å²) in [7, 11) is 0. The van der Waals surface area contributed by atoms with Crippen molar-refractivity contribution < 1.29 is 4.39 Å². The van der Waals surface area contributed by atoms with Crippen molar-refractivity contribution in [2.75, 3.05) is 23.7 Å². The molecule has 1 aromatic heterocycles. The fourth-order valence-electron chi connectivity index (χ4n) is 2.62. The molecule has 0 saturated carbocycles. The van der Waals surface area contributed by atoms with E-state index in [0.717, 1.165) is 34.8 Å². The molecule has 0 fully saturated rings. The van der Waals surface area contributed by atoms with Crippen LogP contribution in [0.5, 0.6) is 0 Å². The number of anilines is 2. The summed E-state index contributed by atoms with van der Waals surface area (Å²) in [6, 6.07) is 6.65. The molecule has 3 rings (SSSR count). The van der Waals surface area contributed by atoms with Gasteiger partial charge in [0.15, 0.2) is 0 Å². The highest BCUT2D eigenvalue weighted by molar-refractivity contribution is 5.90. The summed E-state index contributed by atoms with van der Waals surface area (Å²) >= 11 is 0. The third kappa shape index (κ3) is 2.46. The van der Waals surface area contributed by atoms with Crippen LogP contribution in [0, 0.1) is 12.7 Å². The minimum atomic E-state index is -0.229. The van der Waals surface area contributed by atoms with Crippen LogP contribution in [0.3, 0.4) is 0 Å². The van der Waals surface area contributed by atoms with Crippen LogP contribution in [0.1, 0.15) is 23.7 Å². The number of likely N-dealkylation sites (N-methyl/N-ethyl adjacent to an activating group) is 1. The lowest BCUT2D eigenvalue weighted by molar-refractivity contribution is 0.627. The molecule has 1 aliphatic rings. The Morgan fingerprint density at radius 3 is 2.86 bits per heavy atom. The maximum absolute atomic E-state index is 13.4. The summed E-state index contributed by atoms with van der Waals surface area (Å²) in [6.45, 7) is 5.46. The van der Waals surface area contributed by atoms with E-state index in [2.05, 4.69) is 21.8 Å². The van der Waals surface area contributed by atoms with Gasteiger partial charge in [0.25, 0.3) is 0 Å². The van der Waals surface area contributed by atoms with Crippen molar-refractivity contribution in [1.29, 1.82) is 0 Å². The number of nitrogens with zero attached hydrogens (tertiary/aromatic N) is 3. The molecule has 5 heteroatoms. The van der Waals surface area contributed by atoms with Crippen molar-refractivity contribution in [3.05, 3.63) is 46.9 Å². The lowest BCUT2D eigenvalue weighted by Crippen LogP contribution is -2.30. The first-order chi connectivity index (χ1) is 10.1. The number of aryl methyl sites for hydroxylation is 1. The number of nitrogen functional groups attached to an aromatic ring is 1. The van der Waals surface area contributed by atoms with Crippen molar-refractivity contribution in [2.24, 2.45) is 0 Å². The third-order valence-electron chi connectivity index (χ3n) is 3.69. The summed E-state index contributed by atoms with van der Waals surface area (Å²) in [5.41, 5.74) is 9.48. The van der Waals surface area contributed by atoms with E-state index in [1.54, 1.807) is 12.1 Å². The topological polar surface area (TPSA) is 55.0 Å². The Morgan fingerprint density at radius 2 is 2.14 bits per heavy atom. The molecule has 0 radical (unpaired) electrons. The standard InChI is InChI=1S/C16H17FN4/c1-3-21-9-12(11-5-4-6-13(17)7-11)8-14-10(2)19-16(18)20-15(14)21/h4-8H,3,9H2,1-2H3,(H2,18,19,20). The van der Waals surface area contributed by atoms with Gasteiger partial charge in [0.05, 0.1) is 5.69 Å². The second-order valence-electron chi connectivity index (χ2n) is 5.10. The summed E-state index contributed by atoms with van der Waals surface area (Å²) in [5, 5.41) is 0. The number of aromatic nitrogens is 2. The van der Waals surface area contributed by atoms with Crippen LogP contribution >= 0.6 is 0 Å². The summed E-state index contributed by atoms with van der Waals surface area (Å²) < 4.78 is 13.4. The number of hydrogen-bond donors (Lipinski definition) is 1. The molecule has 0 atom stereocenters. The number of hydrogen-bond acceptors (Lipinski definition) is 4. The SMILES string of the molecule is CCN1CC(c2cccc(F)c2)=Cc2c(C)nc(N)nc21. The van der Waals surface area contributed by atoms with E-state index in [0.29, 0.717) is 6.54 Å². The molecule has 0 bridgehead atoms. The number of rotatable bonds is 2. The Labute approximate surface area is 123 Å². The van der Waals surface area contributed by atoms with Gasteiger partial charge in [0, 0.05) is 18.7 Å². The van der Waals surface area contributed by atoms with Crippen molar-refractivity contribution in [2.45, 2.75) is 13.8 Å². The van der Waals surface area contributed by atoms with Gasteiger partial charge in [-0.2, -0.15) is 4.98 Å². The van der Waals surface area contributed by atoms with Gasteiger partial charge in [0.2, 0.25) is 5.95 Å². The molecule has 21 heavy (non-hydrogen) atoms. The number of fused-ring (bicyclic) bond motifs is 1. The highest BCUT2D eigenvalue weighted by Crippen LogP contribution is 2.33. The van der Waals surface area contributed by atoms with Gasteiger partial charge in [-0.05, 0) is 43.2 Å². The van der Waals surface area contributed by atoms with Gasteiger partial charge >= 0.3 is 0 Å². The first kappa shape index (κ1) is 13.5. The van der Waals surface area contributed by atoms with Crippen molar-refractivity contribution >= 4 is 23.4 Å². The van der Waals surface area contributed by atoms with Crippen LogP contribution in [0.15, 0.2) is 24.3 Å². The Morgan fingerprint density at radius 1 is 1.33 bits per heavy atom. The van der Waals surface area contributed by atoms with Crippen molar-refractivity contribution in [3.63, 3.8) is 0 Å². The van der Waals surface area contributed by atoms with Gasteiger partial charge in [0.1, 0.15) is 11.6 Å². The summed E-state index contributed by atoms with van der Waals surface area (Å²) in [4.78, 5) is 10.7. The fourth-order valence-corrected chi connectivity index (χ4v) is 2.62. The molecule has 4 nitrogen and oxygen atoms in total. The second-order valence-corrected chi connectivity index (χ2v) is 5.10. The zero-order valence-corrected chi connectivity index (χ0v) is 12.1. The first-order valence-corrected chi connectivity index (χ1v) is 6.94. The van der Waals surface area contributed by atoms with Crippen LogP contribution in [0.2, 0.25) is 0 Å². The van der Waals surface area contributed by atoms with E-state index in [1.807, 2.05) is 19.1 Å². The molecule has 108 valence electrons. The van der Waals surface area contributed by atoms with Crippen molar-refractivity contribution in [1.82, 2.24) is 9.97 Å². The lowest BCUT2D eigenvalue weighted by Gasteiger charge is -2.30. The first-order valence-electron chi connectivity index (χ1n) is 6.94. The Balaban J connectivity index is 2.14. The molecule has 1 aromatic carbocycles. The average molecular weight is 284 g/mol. The molecule has 2 N–H and O–H groups in total. The normalized spacial score (nSPS) is 13.9. The third-order valence-corrected chi connectivity index (χ3v) is 3.69. The van der Waals surface area contributed by atoms with E-state index < -0.39 is 0 Å². The molecule has 1 aliphatic heterocycles. The second kappa shape index (κ2) is 5.16. The predicted octanol–water partition coefficient (Wildman–Crippen LogP) is 2.89. The largest absolute Gasteiger partial charge is 0.368 e. The summed E-state index contributed by atoms with van der Waals surface area (Å²) in [5.74, 6) is 0.905. The van der Waals surface area contributed by atoms with Crippen molar-refractivity contribution in [3.8, 4) is 0 Å². The zero-order chi connectivity index (χ0) is 15.0. The van der Waals surface area contributed by atoms with Crippen LogP contribution < -0.4 is 10.6 Å². The quantitative estimate of drug-likeness (QED) is 0.921. The molecular formula is C16H17FN4. The van der Waals surface area contributed by atoms with Gasteiger partial charge in [-0.15, -0.1) is 0 Å². The molecule has 2 aromatic rings. The minimum Gasteiger partial charge on any atom is -0.368 e. The monoisotopic (exact) mass is 284 g/mol. The van der Waals surface area contributed by atoms with Crippen LogP contribution in [0.25, 0.3) is 11.6 Å². The van der Waals surface area contributed by atoms with Gasteiger partial charge in [-0.25, -0.2) is 9.37 Å². The van der Waals surface area contributed by atoms with E-state index in [1.165, 1.54) is 6.07 Å². The molecule has 0 unspecified atom stereocenters. The highest BCUT2D eigenvalue weighted by atomic mass is 19.1. The molecule has 0 aliphatic carbocycles. The van der Waals surface area contributed by atoms with E-state index in [9.17, 15) is 4.39 Å². The molecule has 0 spiro atoms. The van der Waals surface area contributed by atoms with E-state index in [4.69, 9.17) is 5.73 Å².